The number of rotatable bonds is 4. The lowest BCUT2D eigenvalue weighted by atomic mass is 10.2. The van der Waals surface area contributed by atoms with Crippen LogP contribution in [0.3, 0.4) is 0 Å². The molecule has 2 aromatic heterocycles. The van der Waals surface area contributed by atoms with Crippen molar-refractivity contribution in [1.82, 2.24) is 9.97 Å². The van der Waals surface area contributed by atoms with Crippen LogP contribution in [0, 0.1) is 6.92 Å². The van der Waals surface area contributed by atoms with Gasteiger partial charge in [-0.1, -0.05) is 25.4 Å². The molecule has 0 fully saturated rings. The Hall–Kier alpha value is -1.13. The van der Waals surface area contributed by atoms with E-state index in [0.29, 0.717) is 17.6 Å². The standard InChI is InChI=1S/C13H16ClN3S/c1-8(2)11-7-16-13(18-11)15-6-10-4-9(3)17-12(14)5-10/h4-5,7-8H,6H2,1-3H3,(H,15,16). The van der Waals surface area contributed by atoms with Crippen molar-refractivity contribution in [2.45, 2.75) is 33.2 Å². The minimum Gasteiger partial charge on any atom is -0.357 e. The zero-order chi connectivity index (χ0) is 13.1. The molecule has 0 spiro atoms. The van der Waals surface area contributed by atoms with E-state index < -0.39 is 0 Å². The predicted molar refractivity (Wildman–Crippen MR) is 77.5 cm³/mol. The Morgan fingerprint density at radius 1 is 1.39 bits per heavy atom. The SMILES string of the molecule is Cc1cc(CNc2ncc(C(C)C)s2)cc(Cl)n1. The highest BCUT2D eigenvalue weighted by atomic mass is 35.5. The maximum atomic E-state index is 5.93. The smallest absolute Gasteiger partial charge is 0.183 e. The van der Waals surface area contributed by atoms with Crippen LogP contribution in [0.5, 0.6) is 0 Å². The van der Waals surface area contributed by atoms with Gasteiger partial charge >= 0.3 is 0 Å². The molecule has 0 aliphatic heterocycles. The van der Waals surface area contributed by atoms with Gasteiger partial charge in [0.05, 0.1) is 0 Å². The minimum absolute atomic E-state index is 0.524. The first kappa shape index (κ1) is 13.3. The quantitative estimate of drug-likeness (QED) is 0.852. The molecule has 0 aromatic carbocycles. The fraction of sp³-hybridized carbons (Fsp3) is 0.385. The van der Waals surface area contributed by atoms with E-state index >= 15 is 0 Å². The molecule has 5 heteroatoms. The van der Waals surface area contributed by atoms with E-state index in [-0.39, 0.29) is 0 Å². The van der Waals surface area contributed by atoms with E-state index in [9.17, 15) is 0 Å². The Morgan fingerprint density at radius 3 is 2.78 bits per heavy atom. The first-order valence-corrected chi connectivity index (χ1v) is 7.06. The summed E-state index contributed by atoms with van der Waals surface area (Å²) in [4.78, 5) is 9.79. The van der Waals surface area contributed by atoms with Gasteiger partial charge in [0.2, 0.25) is 0 Å². The van der Waals surface area contributed by atoms with Gasteiger partial charge in [-0.15, -0.1) is 11.3 Å². The highest BCUT2D eigenvalue weighted by Gasteiger charge is 2.05. The molecule has 0 aliphatic rings. The lowest BCUT2D eigenvalue weighted by molar-refractivity contribution is 0.885. The predicted octanol–water partition coefficient (Wildman–Crippen LogP) is 4.24. The van der Waals surface area contributed by atoms with Gasteiger partial charge in [0.15, 0.2) is 5.13 Å². The Labute approximate surface area is 116 Å². The summed E-state index contributed by atoms with van der Waals surface area (Å²) in [5, 5.41) is 4.80. The van der Waals surface area contributed by atoms with E-state index in [0.717, 1.165) is 16.4 Å². The fourth-order valence-electron chi connectivity index (χ4n) is 1.61. The Kier molecular flexibility index (Phi) is 4.19. The maximum Gasteiger partial charge on any atom is 0.183 e. The summed E-state index contributed by atoms with van der Waals surface area (Å²) in [5.74, 6) is 0.524. The number of nitrogens with one attached hydrogen (secondary N) is 1. The van der Waals surface area contributed by atoms with Crippen molar-refractivity contribution in [3.63, 3.8) is 0 Å². The highest BCUT2D eigenvalue weighted by molar-refractivity contribution is 7.15. The monoisotopic (exact) mass is 281 g/mol. The average molecular weight is 282 g/mol. The number of thiazole rings is 1. The lowest BCUT2D eigenvalue weighted by Gasteiger charge is -2.04. The van der Waals surface area contributed by atoms with Gasteiger partial charge in [-0.3, -0.25) is 0 Å². The third kappa shape index (κ3) is 3.43. The van der Waals surface area contributed by atoms with Gasteiger partial charge in [0.1, 0.15) is 5.15 Å². The zero-order valence-electron chi connectivity index (χ0n) is 10.7. The molecule has 0 unspecified atom stereocenters. The molecule has 18 heavy (non-hydrogen) atoms. The summed E-state index contributed by atoms with van der Waals surface area (Å²) in [6.45, 7) is 7.00. The second-order valence-electron chi connectivity index (χ2n) is 4.52. The van der Waals surface area contributed by atoms with Gasteiger partial charge in [-0.25, -0.2) is 9.97 Å². The zero-order valence-corrected chi connectivity index (χ0v) is 12.3. The van der Waals surface area contributed by atoms with Crippen LogP contribution in [0.15, 0.2) is 18.3 Å². The molecule has 0 amide bonds. The molecule has 96 valence electrons. The van der Waals surface area contributed by atoms with E-state index in [4.69, 9.17) is 11.6 Å². The van der Waals surface area contributed by atoms with Crippen LogP contribution in [-0.4, -0.2) is 9.97 Å². The molecule has 0 saturated carbocycles. The van der Waals surface area contributed by atoms with Crippen LogP contribution >= 0.6 is 22.9 Å². The molecule has 0 aliphatic carbocycles. The molecular weight excluding hydrogens is 266 g/mol. The summed E-state index contributed by atoms with van der Waals surface area (Å²) in [6.07, 6.45) is 1.93. The van der Waals surface area contributed by atoms with Gasteiger partial charge in [-0.2, -0.15) is 0 Å². The highest BCUT2D eigenvalue weighted by Crippen LogP contribution is 2.25. The van der Waals surface area contributed by atoms with Crippen molar-refractivity contribution in [1.29, 1.82) is 0 Å². The first-order valence-electron chi connectivity index (χ1n) is 5.87. The number of anilines is 1. The molecule has 2 aromatic rings. The molecule has 0 saturated heterocycles. The second-order valence-corrected chi connectivity index (χ2v) is 5.97. The summed E-state index contributed by atoms with van der Waals surface area (Å²) in [5.41, 5.74) is 2.05. The summed E-state index contributed by atoms with van der Waals surface area (Å²) >= 11 is 7.62. The largest absolute Gasteiger partial charge is 0.357 e. The summed E-state index contributed by atoms with van der Waals surface area (Å²) in [7, 11) is 0. The third-order valence-corrected chi connectivity index (χ3v) is 3.97. The van der Waals surface area contributed by atoms with Gasteiger partial charge < -0.3 is 5.32 Å². The normalized spacial score (nSPS) is 10.9. The molecule has 0 radical (unpaired) electrons. The first-order chi connectivity index (χ1) is 8.54. The number of aryl methyl sites for hydroxylation is 1. The number of hydrogen-bond acceptors (Lipinski definition) is 4. The molecule has 3 nitrogen and oxygen atoms in total. The number of hydrogen-bond donors (Lipinski definition) is 1. The van der Waals surface area contributed by atoms with Gasteiger partial charge in [-0.05, 0) is 30.5 Å². The Morgan fingerprint density at radius 2 is 2.17 bits per heavy atom. The Bertz CT molecular complexity index is 517. The number of pyridine rings is 1. The van der Waals surface area contributed by atoms with E-state index in [2.05, 4.69) is 29.1 Å². The van der Waals surface area contributed by atoms with E-state index in [1.807, 2.05) is 25.3 Å². The topological polar surface area (TPSA) is 37.8 Å². The average Bonchev–Trinajstić information content (AvgIpc) is 2.73. The third-order valence-electron chi connectivity index (χ3n) is 2.52. The van der Waals surface area contributed by atoms with Gasteiger partial charge in [0, 0.05) is 23.3 Å². The van der Waals surface area contributed by atoms with Crippen molar-refractivity contribution in [2.24, 2.45) is 0 Å². The molecule has 0 bridgehead atoms. The minimum atomic E-state index is 0.524. The van der Waals surface area contributed by atoms with Crippen LogP contribution in [0.4, 0.5) is 5.13 Å². The molecule has 1 N–H and O–H groups in total. The maximum absolute atomic E-state index is 5.93. The van der Waals surface area contributed by atoms with Crippen LogP contribution in [0.2, 0.25) is 5.15 Å². The summed E-state index contributed by atoms with van der Waals surface area (Å²) < 4.78 is 0. The number of nitrogens with zero attached hydrogens (tertiary/aromatic N) is 2. The van der Waals surface area contributed by atoms with Crippen molar-refractivity contribution in [2.75, 3.05) is 5.32 Å². The van der Waals surface area contributed by atoms with Gasteiger partial charge in [0.25, 0.3) is 0 Å². The molecule has 2 heterocycles. The lowest BCUT2D eigenvalue weighted by Crippen LogP contribution is -1.99. The van der Waals surface area contributed by atoms with Crippen LogP contribution < -0.4 is 5.32 Å². The van der Waals surface area contributed by atoms with Crippen molar-refractivity contribution >= 4 is 28.1 Å². The molecular formula is C13H16ClN3S. The van der Waals surface area contributed by atoms with Crippen molar-refractivity contribution in [3.05, 3.63) is 39.6 Å². The van der Waals surface area contributed by atoms with Crippen LogP contribution in [0.1, 0.15) is 35.9 Å². The van der Waals surface area contributed by atoms with Crippen molar-refractivity contribution < 1.29 is 0 Å². The Balaban J connectivity index is 2.02. The number of halogens is 1. The van der Waals surface area contributed by atoms with Crippen molar-refractivity contribution in [3.8, 4) is 0 Å². The fourth-order valence-corrected chi connectivity index (χ4v) is 2.70. The van der Waals surface area contributed by atoms with Crippen LogP contribution in [0.25, 0.3) is 0 Å². The van der Waals surface area contributed by atoms with E-state index in [1.165, 1.54) is 4.88 Å². The summed E-state index contributed by atoms with van der Waals surface area (Å²) in [6, 6.07) is 3.90. The van der Waals surface area contributed by atoms with Crippen LogP contribution in [-0.2, 0) is 6.54 Å². The molecule has 2 rings (SSSR count). The number of aromatic nitrogens is 2. The molecule has 0 atom stereocenters. The second kappa shape index (κ2) is 5.67. The van der Waals surface area contributed by atoms with E-state index in [1.54, 1.807) is 11.3 Å².